The number of nitrogens with one attached hydrogen (secondary N) is 1. The molecule has 4 nitrogen and oxygen atoms in total. The van der Waals surface area contributed by atoms with Crippen LogP contribution in [0.25, 0.3) is 0 Å². The third-order valence-electron chi connectivity index (χ3n) is 1.51. The molecule has 1 aromatic carbocycles. The van der Waals surface area contributed by atoms with Crippen molar-refractivity contribution in [2.45, 2.75) is 0 Å². The van der Waals surface area contributed by atoms with Crippen LogP contribution in [-0.2, 0) is 4.79 Å². The standard InChI is InChI=1S/C8H7NO3/c10-5-1-2-7-6(3-5)9-8(11)4-12-7/h1-3,10H,4H2,(H,9,11)/i2D. The number of anilines is 1. The number of amides is 1. The minimum Gasteiger partial charge on any atom is -0.508 e. The van der Waals surface area contributed by atoms with E-state index < -0.39 is 0 Å². The van der Waals surface area contributed by atoms with Crippen LogP contribution in [-0.4, -0.2) is 17.6 Å². The predicted octanol–water partition coefficient (Wildman–Crippen LogP) is 0.723. The summed E-state index contributed by atoms with van der Waals surface area (Å²) in [7, 11) is 0. The van der Waals surface area contributed by atoms with Gasteiger partial charge < -0.3 is 15.2 Å². The maximum Gasteiger partial charge on any atom is 0.262 e. The number of carbonyl (C=O) groups is 1. The van der Waals surface area contributed by atoms with E-state index in [1.54, 1.807) is 0 Å². The summed E-state index contributed by atoms with van der Waals surface area (Å²) in [6.45, 7) is -0.0797. The quantitative estimate of drug-likeness (QED) is 0.597. The van der Waals surface area contributed by atoms with Crippen LogP contribution in [0.5, 0.6) is 11.5 Å². The Labute approximate surface area is 70.2 Å². The first-order valence-electron chi connectivity index (χ1n) is 3.93. The number of phenols is 1. The highest BCUT2D eigenvalue weighted by atomic mass is 16.5. The highest BCUT2D eigenvalue weighted by Crippen LogP contribution is 2.30. The molecule has 0 aliphatic carbocycles. The third kappa shape index (κ3) is 1.07. The van der Waals surface area contributed by atoms with Gasteiger partial charge in [0, 0.05) is 6.07 Å². The third-order valence-corrected chi connectivity index (χ3v) is 1.51. The molecule has 0 radical (unpaired) electrons. The number of ether oxygens (including phenoxy) is 1. The molecular weight excluding hydrogens is 158 g/mol. The first kappa shape index (κ1) is 5.88. The minimum absolute atomic E-state index is 0.0606. The first-order chi connectivity index (χ1) is 6.16. The van der Waals surface area contributed by atoms with E-state index in [4.69, 9.17) is 11.2 Å². The maximum atomic E-state index is 10.9. The lowest BCUT2D eigenvalue weighted by molar-refractivity contribution is -0.118. The summed E-state index contributed by atoms with van der Waals surface area (Å²) >= 11 is 0. The van der Waals surface area contributed by atoms with Crippen molar-refractivity contribution in [3.8, 4) is 11.5 Å². The van der Waals surface area contributed by atoms with Gasteiger partial charge in [-0.3, -0.25) is 4.79 Å². The van der Waals surface area contributed by atoms with Gasteiger partial charge in [-0.1, -0.05) is 0 Å². The molecule has 1 heterocycles. The topological polar surface area (TPSA) is 58.6 Å². The van der Waals surface area contributed by atoms with Crippen molar-refractivity contribution in [1.29, 1.82) is 0 Å². The summed E-state index contributed by atoms with van der Waals surface area (Å²) in [5.41, 5.74) is 0.348. The number of phenolic OH excluding ortho intramolecular Hbond substituents is 1. The lowest BCUT2D eigenvalue weighted by Crippen LogP contribution is -2.25. The van der Waals surface area contributed by atoms with E-state index in [-0.39, 0.29) is 24.3 Å². The van der Waals surface area contributed by atoms with Crippen LogP contribution in [0.1, 0.15) is 1.37 Å². The highest BCUT2D eigenvalue weighted by Gasteiger charge is 2.15. The van der Waals surface area contributed by atoms with Crippen LogP contribution >= 0.6 is 0 Å². The highest BCUT2D eigenvalue weighted by molar-refractivity contribution is 5.95. The lowest BCUT2D eigenvalue weighted by Gasteiger charge is -2.17. The van der Waals surface area contributed by atoms with Crippen molar-refractivity contribution < 1.29 is 16.0 Å². The number of fused-ring (bicyclic) bond motifs is 1. The SMILES string of the molecule is [2H]c1cc(O)cc2c1OCC(=O)N2. The van der Waals surface area contributed by atoms with Gasteiger partial charge in [0.25, 0.3) is 5.91 Å². The molecule has 0 unspecified atom stereocenters. The van der Waals surface area contributed by atoms with E-state index in [1.807, 2.05) is 0 Å². The molecule has 1 aliphatic heterocycles. The van der Waals surface area contributed by atoms with Gasteiger partial charge in [0.2, 0.25) is 0 Å². The van der Waals surface area contributed by atoms with Crippen molar-refractivity contribution in [2.24, 2.45) is 0 Å². The predicted molar refractivity (Wildman–Crippen MR) is 42.2 cm³/mol. The number of aromatic hydroxyl groups is 1. The zero-order valence-electron chi connectivity index (χ0n) is 7.13. The molecule has 0 saturated carbocycles. The van der Waals surface area contributed by atoms with Crippen molar-refractivity contribution in [3.63, 3.8) is 0 Å². The molecule has 0 saturated heterocycles. The number of hydrogen-bond acceptors (Lipinski definition) is 3. The van der Waals surface area contributed by atoms with Crippen molar-refractivity contribution in [2.75, 3.05) is 11.9 Å². The molecule has 12 heavy (non-hydrogen) atoms. The number of carbonyl (C=O) groups excluding carboxylic acids is 1. The Morgan fingerprint density at radius 2 is 2.58 bits per heavy atom. The van der Waals surface area contributed by atoms with Gasteiger partial charge >= 0.3 is 0 Å². The Hall–Kier alpha value is -1.71. The maximum absolute atomic E-state index is 10.9. The number of benzene rings is 1. The fraction of sp³-hybridized carbons (Fsp3) is 0.125. The zero-order valence-corrected chi connectivity index (χ0v) is 6.13. The Morgan fingerprint density at radius 3 is 3.42 bits per heavy atom. The molecule has 0 atom stereocenters. The summed E-state index contributed by atoms with van der Waals surface area (Å²) in [4.78, 5) is 10.9. The van der Waals surface area contributed by atoms with Crippen molar-refractivity contribution in [1.82, 2.24) is 0 Å². The van der Waals surface area contributed by atoms with Crippen LogP contribution in [0.3, 0.4) is 0 Å². The smallest absolute Gasteiger partial charge is 0.262 e. The monoisotopic (exact) mass is 166 g/mol. The second-order valence-corrected chi connectivity index (χ2v) is 2.44. The molecule has 0 fully saturated rings. The average molecular weight is 166 g/mol. The molecule has 0 aromatic heterocycles. The molecule has 1 amide bonds. The molecule has 0 bridgehead atoms. The lowest BCUT2D eigenvalue weighted by atomic mass is 10.2. The fourth-order valence-electron chi connectivity index (χ4n) is 1.01. The Bertz CT molecular complexity index is 378. The molecule has 2 rings (SSSR count). The average Bonchev–Trinajstić information content (AvgIpc) is 2.02. The minimum atomic E-state index is -0.280. The molecular formula is C8H7NO3. The van der Waals surface area contributed by atoms with Crippen LogP contribution in [0.15, 0.2) is 18.2 Å². The summed E-state index contributed by atoms with van der Waals surface area (Å²) in [5.74, 6) is -0.0375. The van der Waals surface area contributed by atoms with Gasteiger partial charge in [-0.05, 0) is 12.1 Å². The van der Waals surface area contributed by atoms with Crippen LogP contribution in [0, 0.1) is 0 Å². The van der Waals surface area contributed by atoms with Crippen LogP contribution < -0.4 is 10.1 Å². The molecule has 1 aromatic rings. The summed E-state index contributed by atoms with van der Waals surface area (Å²) in [5, 5.41) is 11.6. The van der Waals surface area contributed by atoms with E-state index in [9.17, 15) is 4.79 Å². The van der Waals surface area contributed by atoms with Crippen LogP contribution in [0.2, 0.25) is 0 Å². The second-order valence-electron chi connectivity index (χ2n) is 2.44. The van der Waals surface area contributed by atoms with E-state index in [2.05, 4.69) is 5.32 Å². The van der Waals surface area contributed by atoms with Gasteiger partial charge in [0.05, 0.1) is 7.06 Å². The van der Waals surface area contributed by atoms with E-state index in [1.165, 1.54) is 12.1 Å². The van der Waals surface area contributed by atoms with E-state index in [0.29, 0.717) is 11.4 Å². The van der Waals surface area contributed by atoms with Gasteiger partial charge in [0.15, 0.2) is 6.61 Å². The Morgan fingerprint density at radius 1 is 1.75 bits per heavy atom. The summed E-state index contributed by atoms with van der Waals surface area (Å²) in [6.07, 6.45) is 0. The molecule has 0 spiro atoms. The van der Waals surface area contributed by atoms with Gasteiger partial charge in [-0.25, -0.2) is 0 Å². The molecule has 1 aliphatic rings. The fourth-order valence-corrected chi connectivity index (χ4v) is 1.01. The summed E-state index contributed by atoms with van der Waals surface area (Å²) in [6, 6.07) is 2.68. The Balaban J connectivity index is 2.53. The number of hydrogen-bond donors (Lipinski definition) is 2. The second kappa shape index (κ2) is 2.41. The largest absolute Gasteiger partial charge is 0.508 e. The summed E-state index contributed by atoms with van der Waals surface area (Å²) < 4.78 is 12.4. The zero-order chi connectivity index (χ0) is 9.42. The van der Waals surface area contributed by atoms with E-state index in [0.717, 1.165) is 0 Å². The van der Waals surface area contributed by atoms with Gasteiger partial charge in [-0.15, -0.1) is 0 Å². The van der Waals surface area contributed by atoms with Gasteiger partial charge in [-0.2, -0.15) is 0 Å². The Kier molecular flexibility index (Phi) is 1.18. The van der Waals surface area contributed by atoms with Crippen molar-refractivity contribution in [3.05, 3.63) is 18.2 Å². The van der Waals surface area contributed by atoms with Crippen LogP contribution in [0.4, 0.5) is 5.69 Å². The normalized spacial score (nSPS) is 15.7. The number of rotatable bonds is 0. The first-order valence-corrected chi connectivity index (χ1v) is 3.43. The van der Waals surface area contributed by atoms with Gasteiger partial charge in [0.1, 0.15) is 11.5 Å². The van der Waals surface area contributed by atoms with Crippen molar-refractivity contribution >= 4 is 11.6 Å². The van der Waals surface area contributed by atoms with E-state index >= 15 is 0 Å². The molecule has 2 N–H and O–H groups in total. The molecule has 62 valence electrons. The molecule has 4 heteroatoms.